The topological polar surface area (TPSA) is 78.7 Å². The summed E-state index contributed by atoms with van der Waals surface area (Å²) >= 11 is 0. The number of nitrogens with zero attached hydrogens (tertiary/aromatic N) is 1. The van der Waals surface area contributed by atoms with Crippen LogP contribution in [0.1, 0.15) is 38.1 Å². The molecular formula is C13H16FNO5. The van der Waals surface area contributed by atoms with Crippen LogP contribution in [0.4, 0.5) is 10.1 Å². The Hall–Kier alpha value is -2.18. The van der Waals surface area contributed by atoms with Gasteiger partial charge < -0.3 is 9.47 Å². The van der Waals surface area contributed by atoms with E-state index < -0.39 is 28.5 Å². The Bertz CT molecular complexity index is 528. The first-order chi connectivity index (χ1) is 9.22. The van der Waals surface area contributed by atoms with Crippen molar-refractivity contribution in [2.75, 3.05) is 0 Å². The molecule has 1 aromatic carbocycles. The number of halogens is 1. The molecule has 6 nitrogen and oxygen atoms in total. The first-order valence-electron chi connectivity index (χ1n) is 6.08. The van der Waals surface area contributed by atoms with Gasteiger partial charge in [-0.25, -0.2) is 4.79 Å². The van der Waals surface area contributed by atoms with E-state index in [1.807, 2.05) is 0 Å². The van der Waals surface area contributed by atoms with Crippen LogP contribution in [-0.2, 0) is 4.74 Å². The van der Waals surface area contributed by atoms with Crippen LogP contribution in [0.2, 0.25) is 0 Å². The lowest BCUT2D eigenvalue weighted by Crippen LogP contribution is -2.14. The molecule has 0 N–H and O–H groups in total. The number of hydrogen-bond acceptors (Lipinski definition) is 5. The molecule has 0 aliphatic carbocycles. The molecule has 0 aliphatic heterocycles. The second kappa shape index (κ2) is 6.31. The molecule has 110 valence electrons. The molecule has 0 radical (unpaired) electrons. The van der Waals surface area contributed by atoms with Gasteiger partial charge in [-0.05, 0) is 33.8 Å². The van der Waals surface area contributed by atoms with E-state index >= 15 is 0 Å². The van der Waals surface area contributed by atoms with Crippen molar-refractivity contribution in [3.8, 4) is 5.75 Å². The summed E-state index contributed by atoms with van der Waals surface area (Å²) in [7, 11) is 0. The Balaban J connectivity index is 3.27. The molecule has 1 rings (SSSR count). The Kier molecular flexibility index (Phi) is 5.01. The average Bonchev–Trinajstić information content (AvgIpc) is 2.25. The van der Waals surface area contributed by atoms with E-state index in [-0.39, 0.29) is 17.4 Å². The van der Waals surface area contributed by atoms with Gasteiger partial charge in [0.2, 0.25) is 11.6 Å². The highest BCUT2D eigenvalue weighted by molar-refractivity contribution is 5.90. The summed E-state index contributed by atoms with van der Waals surface area (Å²) in [5.41, 5.74) is -0.919. The number of carbonyl (C=O) groups is 1. The number of nitro benzene ring substituents is 1. The largest absolute Gasteiger partial charge is 0.484 e. The Labute approximate surface area is 115 Å². The van der Waals surface area contributed by atoms with Crippen LogP contribution in [0, 0.1) is 15.9 Å². The summed E-state index contributed by atoms with van der Waals surface area (Å²) in [4.78, 5) is 21.7. The van der Waals surface area contributed by atoms with Gasteiger partial charge in [-0.2, -0.15) is 4.39 Å². The maximum absolute atomic E-state index is 13.8. The van der Waals surface area contributed by atoms with Crippen LogP contribution in [0.3, 0.4) is 0 Å². The molecule has 7 heteroatoms. The third-order valence-corrected chi connectivity index (χ3v) is 2.15. The minimum Gasteiger partial charge on any atom is -0.484 e. The highest BCUT2D eigenvalue weighted by Gasteiger charge is 2.26. The maximum atomic E-state index is 13.8. The van der Waals surface area contributed by atoms with E-state index in [4.69, 9.17) is 9.47 Å². The lowest BCUT2D eigenvalue weighted by molar-refractivity contribution is -0.388. The standard InChI is InChI=1S/C13H16FNO5/c1-7(2)19-11-6-9(13(16)20-8(3)4)5-10(14)12(11)15(17)18/h5-8H,1-4H3. The first-order valence-corrected chi connectivity index (χ1v) is 6.08. The monoisotopic (exact) mass is 285 g/mol. The third-order valence-electron chi connectivity index (χ3n) is 2.15. The van der Waals surface area contributed by atoms with Gasteiger partial charge in [-0.3, -0.25) is 10.1 Å². The van der Waals surface area contributed by atoms with Crippen LogP contribution < -0.4 is 4.74 Å². The number of esters is 1. The van der Waals surface area contributed by atoms with Gasteiger partial charge in [0, 0.05) is 6.07 Å². The van der Waals surface area contributed by atoms with Crippen LogP contribution in [0.25, 0.3) is 0 Å². The van der Waals surface area contributed by atoms with E-state index in [9.17, 15) is 19.3 Å². The molecule has 20 heavy (non-hydrogen) atoms. The van der Waals surface area contributed by atoms with E-state index in [2.05, 4.69) is 0 Å². The fraction of sp³-hybridized carbons (Fsp3) is 0.462. The summed E-state index contributed by atoms with van der Waals surface area (Å²) in [5, 5.41) is 10.9. The average molecular weight is 285 g/mol. The molecule has 1 aromatic rings. The van der Waals surface area contributed by atoms with Gasteiger partial charge in [-0.15, -0.1) is 0 Å². The number of benzene rings is 1. The molecule has 0 saturated heterocycles. The Morgan fingerprint density at radius 1 is 1.25 bits per heavy atom. The zero-order valence-corrected chi connectivity index (χ0v) is 11.7. The fourth-order valence-electron chi connectivity index (χ4n) is 1.49. The molecule has 0 spiro atoms. The lowest BCUT2D eigenvalue weighted by Gasteiger charge is -2.12. The van der Waals surface area contributed by atoms with Crippen molar-refractivity contribution in [3.05, 3.63) is 33.6 Å². The molecule has 0 fully saturated rings. The molecule has 0 aliphatic rings. The van der Waals surface area contributed by atoms with Gasteiger partial charge in [0.15, 0.2) is 0 Å². The zero-order valence-electron chi connectivity index (χ0n) is 11.7. The van der Waals surface area contributed by atoms with E-state index in [1.54, 1.807) is 27.7 Å². The SMILES string of the molecule is CC(C)OC(=O)c1cc(F)c([N+](=O)[O-])c(OC(C)C)c1. The summed E-state index contributed by atoms with van der Waals surface area (Å²) in [6.45, 7) is 6.57. The molecule has 0 amide bonds. The van der Waals surface area contributed by atoms with E-state index in [0.717, 1.165) is 12.1 Å². The number of ether oxygens (including phenoxy) is 2. The van der Waals surface area contributed by atoms with Crippen LogP contribution in [0.5, 0.6) is 5.75 Å². The summed E-state index contributed by atoms with van der Waals surface area (Å²) in [6.07, 6.45) is -0.778. The molecule has 0 heterocycles. The van der Waals surface area contributed by atoms with Crippen LogP contribution >= 0.6 is 0 Å². The highest BCUT2D eigenvalue weighted by atomic mass is 19.1. The molecule has 0 atom stereocenters. The van der Waals surface area contributed by atoms with Crippen molar-refractivity contribution >= 4 is 11.7 Å². The smallest absolute Gasteiger partial charge is 0.346 e. The predicted octanol–water partition coefficient (Wildman–Crippen LogP) is 3.09. The van der Waals surface area contributed by atoms with Crippen LogP contribution in [-0.4, -0.2) is 23.1 Å². The first kappa shape index (κ1) is 15.9. The second-order valence-electron chi connectivity index (χ2n) is 4.68. The van der Waals surface area contributed by atoms with Crippen molar-refractivity contribution in [1.82, 2.24) is 0 Å². The quantitative estimate of drug-likeness (QED) is 0.472. The van der Waals surface area contributed by atoms with Crippen molar-refractivity contribution < 1.29 is 23.6 Å². The summed E-state index contributed by atoms with van der Waals surface area (Å²) < 4.78 is 23.9. The molecule has 0 aromatic heterocycles. The van der Waals surface area contributed by atoms with Crippen molar-refractivity contribution in [1.29, 1.82) is 0 Å². The molecule has 0 unspecified atom stereocenters. The summed E-state index contributed by atoms with van der Waals surface area (Å²) in [5.74, 6) is -2.19. The van der Waals surface area contributed by atoms with Crippen molar-refractivity contribution in [2.24, 2.45) is 0 Å². The number of carbonyl (C=O) groups excluding carboxylic acids is 1. The zero-order chi connectivity index (χ0) is 15.4. The summed E-state index contributed by atoms with van der Waals surface area (Å²) in [6, 6.07) is 1.89. The number of hydrogen-bond donors (Lipinski definition) is 0. The predicted molar refractivity (Wildman–Crippen MR) is 69.4 cm³/mol. The van der Waals surface area contributed by atoms with Crippen molar-refractivity contribution in [3.63, 3.8) is 0 Å². The van der Waals surface area contributed by atoms with Gasteiger partial charge in [-0.1, -0.05) is 0 Å². The number of nitro groups is 1. The van der Waals surface area contributed by atoms with Gasteiger partial charge in [0.05, 0.1) is 22.7 Å². The third kappa shape index (κ3) is 3.91. The van der Waals surface area contributed by atoms with Gasteiger partial charge in [0.25, 0.3) is 0 Å². The molecular weight excluding hydrogens is 269 g/mol. The molecule has 0 saturated carbocycles. The van der Waals surface area contributed by atoms with Gasteiger partial charge in [0.1, 0.15) is 0 Å². The fourth-order valence-corrected chi connectivity index (χ4v) is 1.49. The minimum absolute atomic E-state index is 0.127. The van der Waals surface area contributed by atoms with Crippen molar-refractivity contribution in [2.45, 2.75) is 39.9 Å². The van der Waals surface area contributed by atoms with E-state index in [1.165, 1.54) is 0 Å². The Morgan fingerprint density at radius 3 is 2.30 bits per heavy atom. The lowest BCUT2D eigenvalue weighted by atomic mass is 10.1. The maximum Gasteiger partial charge on any atom is 0.346 e. The van der Waals surface area contributed by atoms with Gasteiger partial charge >= 0.3 is 11.7 Å². The Morgan fingerprint density at radius 2 is 1.85 bits per heavy atom. The normalized spacial score (nSPS) is 10.8. The minimum atomic E-state index is -1.14. The number of rotatable bonds is 5. The molecule has 0 bridgehead atoms. The second-order valence-corrected chi connectivity index (χ2v) is 4.68. The highest BCUT2D eigenvalue weighted by Crippen LogP contribution is 2.32. The van der Waals surface area contributed by atoms with Crippen LogP contribution in [0.15, 0.2) is 12.1 Å². The van der Waals surface area contributed by atoms with E-state index in [0.29, 0.717) is 0 Å².